The van der Waals surface area contributed by atoms with Crippen LogP contribution in [0.2, 0.25) is 0 Å². The van der Waals surface area contributed by atoms with E-state index in [2.05, 4.69) is 0 Å². The molecule has 2 saturated heterocycles. The normalized spacial score (nSPS) is 26.5. The van der Waals surface area contributed by atoms with E-state index in [4.69, 9.17) is 4.74 Å². The summed E-state index contributed by atoms with van der Waals surface area (Å²) in [5, 5.41) is 10.0. The molecule has 0 aromatic carbocycles. The Bertz CT molecular complexity index is 448. The Morgan fingerprint density at radius 3 is 2.23 bits per heavy atom. The molecule has 0 radical (unpaired) electrons. The average molecular weight is 312 g/mol. The number of carbonyl (C=O) groups is 2. The van der Waals surface area contributed by atoms with Crippen LogP contribution in [0.1, 0.15) is 47.5 Å². The zero-order valence-electron chi connectivity index (χ0n) is 14.3. The van der Waals surface area contributed by atoms with Crippen LogP contribution in [0.25, 0.3) is 0 Å². The lowest BCUT2D eigenvalue weighted by Crippen LogP contribution is -2.49. The van der Waals surface area contributed by atoms with Crippen LogP contribution in [0, 0.1) is 5.41 Å². The molecule has 0 aromatic heterocycles. The van der Waals surface area contributed by atoms with Crippen molar-refractivity contribution in [3.63, 3.8) is 0 Å². The van der Waals surface area contributed by atoms with E-state index in [0.29, 0.717) is 19.6 Å². The largest absolute Gasteiger partial charge is 0.444 e. The number of likely N-dealkylation sites (tertiary alicyclic amines) is 2. The third kappa shape index (κ3) is 3.54. The molecule has 2 aliphatic rings. The van der Waals surface area contributed by atoms with E-state index in [1.165, 1.54) is 0 Å². The molecule has 0 bridgehead atoms. The Labute approximate surface area is 132 Å². The van der Waals surface area contributed by atoms with Crippen LogP contribution in [-0.4, -0.2) is 64.3 Å². The lowest BCUT2D eigenvalue weighted by Gasteiger charge is -2.37. The van der Waals surface area contributed by atoms with Gasteiger partial charge >= 0.3 is 6.09 Å². The Kier molecular flexibility index (Phi) is 4.44. The standard InChI is InChI=1S/C16H28N2O4/c1-15(2,3)22-14(21)17-8-6-11(7-9-17)18-10-16(4,5)12(19)13(18)20/h11-12,19H,6-10H2,1-5H3. The summed E-state index contributed by atoms with van der Waals surface area (Å²) in [6.07, 6.45) is 0.247. The molecule has 126 valence electrons. The number of piperidine rings is 1. The van der Waals surface area contributed by atoms with Gasteiger partial charge in [-0.25, -0.2) is 4.79 Å². The zero-order valence-corrected chi connectivity index (χ0v) is 14.3. The first kappa shape index (κ1) is 17.1. The SMILES string of the molecule is CC(C)(C)OC(=O)N1CCC(N2CC(C)(C)C(O)C2=O)CC1. The van der Waals surface area contributed by atoms with Crippen molar-refractivity contribution < 1.29 is 19.4 Å². The summed E-state index contributed by atoms with van der Waals surface area (Å²) in [7, 11) is 0. The fraction of sp³-hybridized carbons (Fsp3) is 0.875. The third-order valence-corrected chi connectivity index (χ3v) is 4.39. The molecule has 22 heavy (non-hydrogen) atoms. The van der Waals surface area contributed by atoms with Gasteiger partial charge in [0.15, 0.2) is 0 Å². The van der Waals surface area contributed by atoms with Crippen LogP contribution in [0.4, 0.5) is 4.79 Å². The van der Waals surface area contributed by atoms with Gasteiger partial charge in [-0.05, 0) is 33.6 Å². The quantitative estimate of drug-likeness (QED) is 0.798. The lowest BCUT2D eigenvalue weighted by molar-refractivity contribution is -0.138. The molecule has 2 aliphatic heterocycles. The summed E-state index contributed by atoms with van der Waals surface area (Å²) < 4.78 is 5.38. The van der Waals surface area contributed by atoms with Gasteiger partial charge < -0.3 is 19.6 Å². The van der Waals surface area contributed by atoms with Gasteiger partial charge in [-0.3, -0.25) is 4.79 Å². The Morgan fingerprint density at radius 1 is 1.27 bits per heavy atom. The molecule has 0 spiro atoms. The van der Waals surface area contributed by atoms with Crippen molar-refractivity contribution in [2.75, 3.05) is 19.6 Å². The molecule has 1 N–H and O–H groups in total. The first-order chi connectivity index (χ1) is 10.0. The monoisotopic (exact) mass is 312 g/mol. The Morgan fingerprint density at radius 2 is 1.82 bits per heavy atom. The highest BCUT2D eigenvalue weighted by atomic mass is 16.6. The zero-order chi connectivity index (χ0) is 16.7. The van der Waals surface area contributed by atoms with E-state index in [0.717, 1.165) is 12.8 Å². The molecular weight excluding hydrogens is 284 g/mol. The number of aliphatic hydroxyl groups is 1. The number of amides is 2. The number of aliphatic hydroxyl groups excluding tert-OH is 1. The first-order valence-electron chi connectivity index (χ1n) is 7.98. The Balaban J connectivity index is 1.90. The van der Waals surface area contributed by atoms with Crippen molar-refractivity contribution in [3.8, 4) is 0 Å². The minimum atomic E-state index is -0.920. The minimum absolute atomic E-state index is 0.0996. The summed E-state index contributed by atoms with van der Waals surface area (Å²) in [4.78, 5) is 27.7. The van der Waals surface area contributed by atoms with Crippen molar-refractivity contribution >= 4 is 12.0 Å². The van der Waals surface area contributed by atoms with Crippen LogP contribution in [0.3, 0.4) is 0 Å². The number of ether oxygens (including phenoxy) is 1. The fourth-order valence-corrected chi connectivity index (χ4v) is 3.09. The van der Waals surface area contributed by atoms with E-state index in [9.17, 15) is 14.7 Å². The van der Waals surface area contributed by atoms with Crippen LogP contribution in [-0.2, 0) is 9.53 Å². The maximum Gasteiger partial charge on any atom is 0.410 e. The second kappa shape index (κ2) is 5.72. The maximum atomic E-state index is 12.2. The van der Waals surface area contributed by atoms with E-state index in [1.807, 2.05) is 34.6 Å². The molecule has 0 aromatic rings. The highest BCUT2D eigenvalue weighted by Gasteiger charge is 2.47. The minimum Gasteiger partial charge on any atom is -0.444 e. The number of hydrogen-bond donors (Lipinski definition) is 1. The molecule has 2 fully saturated rings. The molecule has 2 rings (SSSR count). The van der Waals surface area contributed by atoms with Crippen molar-refractivity contribution in [1.82, 2.24) is 9.80 Å². The van der Waals surface area contributed by atoms with Crippen LogP contribution < -0.4 is 0 Å². The molecule has 1 unspecified atom stereocenters. The van der Waals surface area contributed by atoms with Crippen molar-refractivity contribution in [2.45, 2.75) is 65.2 Å². The van der Waals surface area contributed by atoms with Crippen LogP contribution >= 0.6 is 0 Å². The summed E-state index contributed by atoms with van der Waals surface area (Å²) in [5.74, 6) is -0.180. The van der Waals surface area contributed by atoms with Crippen LogP contribution in [0.5, 0.6) is 0 Å². The highest BCUT2D eigenvalue weighted by molar-refractivity contribution is 5.84. The van der Waals surface area contributed by atoms with Crippen molar-refractivity contribution in [2.24, 2.45) is 5.41 Å². The van der Waals surface area contributed by atoms with E-state index in [1.54, 1.807) is 9.80 Å². The molecule has 0 saturated carbocycles. The van der Waals surface area contributed by atoms with Crippen molar-refractivity contribution in [1.29, 1.82) is 0 Å². The molecular formula is C16H28N2O4. The van der Waals surface area contributed by atoms with E-state index < -0.39 is 17.1 Å². The molecule has 6 heteroatoms. The highest BCUT2D eigenvalue weighted by Crippen LogP contribution is 2.34. The van der Waals surface area contributed by atoms with Gasteiger partial charge in [-0.2, -0.15) is 0 Å². The van der Waals surface area contributed by atoms with E-state index in [-0.39, 0.29) is 18.0 Å². The smallest absolute Gasteiger partial charge is 0.410 e. The second-order valence-electron chi connectivity index (χ2n) is 8.06. The van der Waals surface area contributed by atoms with Gasteiger partial charge in [0.2, 0.25) is 0 Å². The van der Waals surface area contributed by atoms with Gasteiger partial charge in [-0.15, -0.1) is 0 Å². The first-order valence-corrected chi connectivity index (χ1v) is 7.98. The summed E-state index contributed by atoms with van der Waals surface area (Å²) in [5.41, 5.74) is -0.896. The van der Waals surface area contributed by atoms with Gasteiger partial charge in [0.1, 0.15) is 11.7 Å². The summed E-state index contributed by atoms with van der Waals surface area (Å²) in [6.45, 7) is 11.1. The number of rotatable bonds is 1. The number of carbonyl (C=O) groups excluding carboxylic acids is 2. The van der Waals surface area contributed by atoms with Gasteiger partial charge in [0, 0.05) is 31.1 Å². The molecule has 6 nitrogen and oxygen atoms in total. The van der Waals surface area contributed by atoms with Gasteiger partial charge in [0.25, 0.3) is 5.91 Å². The van der Waals surface area contributed by atoms with E-state index >= 15 is 0 Å². The van der Waals surface area contributed by atoms with Crippen molar-refractivity contribution in [3.05, 3.63) is 0 Å². The third-order valence-electron chi connectivity index (χ3n) is 4.39. The maximum absolute atomic E-state index is 12.2. The topological polar surface area (TPSA) is 70.1 Å². The average Bonchev–Trinajstić information content (AvgIpc) is 2.61. The fourth-order valence-electron chi connectivity index (χ4n) is 3.09. The second-order valence-corrected chi connectivity index (χ2v) is 8.06. The number of nitrogens with zero attached hydrogens (tertiary/aromatic N) is 2. The van der Waals surface area contributed by atoms with Gasteiger partial charge in [0.05, 0.1) is 0 Å². The summed E-state index contributed by atoms with van der Waals surface area (Å²) >= 11 is 0. The van der Waals surface area contributed by atoms with Crippen LogP contribution in [0.15, 0.2) is 0 Å². The lowest BCUT2D eigenvalue weighted by atomic mass is 9.90. The summed E-state index contributed by atoms with van der Waals surface area (Å²) in [6, 6.07) is 0.0996. The molecule has 2 amide bonds. The predicted molar refractivity (Wildman–Crippen MR) is 82.3 cm³/mol. The molecule has 1 atom stereocenters. The Hall–Kier alpha value is -1.30. The molecule has 0 aliphatic carbocycles. The predicted octanol–water partition coefficient (Wildman–Crippen LogP) is 1.62. The number of hydrogen-bond acceptors (Lipinski definition) is 4. The van der Waals surface area contributed by atoms with Gasteiger partial charge in [-0.1, -0.05) is 13.8 Å². The molecule has 2 heterocycles.